The molecule has 1 aliphatic rings. The van der Waals surface area contributed by atoms with E-state index in [1.165, 1.54) is 23.4 Å². The van der Waals surface area contributed by atoms with Crippen LogP contribution in [-0.2, 0) is 17.8 Å². The topological polar surface area (TPSA) is 86.0 Å². The Hall–Kier alpha value is -4.28. The van der Waals surface area contributed by atoms with Gasteiger partial charge in [0.1, 0.15) is 5.82 Å². The predicted octanol–water partition coefficient (Wildman–Crippen LogP) is 3.75. The van der Waals surface area contributed by atoms with E-state index in [4.69, 9.17) is 4.74 Å². The minimum Gasteiger partial charge on any atom is -0.467 e. The Morgan fingerprint density at radius 2 is 1.85 bits per heavy atom. The number of nitrogens with zero attached hydrogens (tertiary/aromatic N) is 6. The summed E-state index contributed by atoms with van der Waals surface area (Å²) < 4.78 is 44.5. The molecule has 0 atom stereocenters. The maximum absolute atomic E-state index is 12.7. The summed E-state index contributed by atoms with van der Waals surface area (Å²) in [5, 5.41) is 4.19. The largest absolute Gasteiger partial charge is 0.467 e. The molecule has 0 saturated heterocycles. The van der Waals surface area contributed by atoms with Crippen molar-refractivity contribution in [1.82, 2.24) is 24.7 Å². The number of pyridine rings is 1. The Kier molecular flexibility index (Phi) is 5.44. The van der Waals surface area contributed by atoms with Crippen LogP contribution in [0.15, 0.2) is 67.3 Å². The Morgan fingerprint density at radius 3 is 2.59 bits per heavy atom. The number of carbonyl (C=O) groups excluding carboxylic acids is 1. The zero-order valence-electron chi connectivity index (χ0n) is 17.6. The van der Waals surface area contributed by atoms with Crippen LogP contribution >= 0.6 is 0 Å². The SMILES string of the molecule is O=C1Cc2cnc(-c3cccnc3OCC(F)(F)F)nc2N1Cc1ccc(-n2cccn2)cc1. The summed E-state index contributed by atoms with van der Waals surface area (Å²) in [6.45, 7) is -1.20. The van der Waals surface area contributed by atoms with E-state index >= 15 is 0 Å². The number of carbonyl (C=O) groups is 1. The molecule has 8 nitrogen and oxygen atoms in total. The molecule has 0 spiro atoms. The molecule has 34 heavy (non-hydrogen) atoms. The molecule has 0 aliphatic carbocycles. The highest BCUT2D eigenvalue weighted by Gasteiger charge is 2.31. The van der Waals surface area contributed by atoms with Crippen molar-refractivity contribution in [1.29, 1.82) is 0 Å². The molecule has 5 rings (SSSR count). The number of hydrogen-bond donors (Lipinski definition) is 0. The second kappa shape index (κ2) is 8.58. The summed E-state index contributed by atoms with van der Waals surface area (Å²) in [4.78, 5) is 26.9. The zero-order chi connectivity index (χ0) is 23.7. The predicted molar refractivity (Wildman–Crippen MR) is 115 cm³/mol. The summed E-state index contributed by atoms with van der Waals surface area (Å²) in [6, 6.07) is 12.5. The van der Waals surface area contributed by atoms with E-state index in [1.807, 2.05) is 36.5 Å². The molecule has 1 amide bonds. The van der Waals surface area contributed by atoms with Gasteiger partial charge in [-0.05, 0) is 35.9 Å². The molecule has 0 fully saturated rings. The number of aromatic nitrogens is 5. The normalized spacial score (nSPS) is 13.3. The van der Waals surface area contributed by atoms with Crippen molar-refractivity contribution in [2.45, 2.75) is 19.1 Å². The summed E-state index contributed by atoms with van der Waals surface area (Å²) in [7, 11) is 0. The van der Waals surface area contributed by atoms with Crippen LogP contribution < -0.4 is 9.64 Å². The molecule has 3 aromatic heterocycles. The minimum absolute atomic E-state index is 0.123. The van der Waals surface area contributed by atoms with E-state index in [1.54, 1.807) is 16.9 Å². The first-order valence-electron chi connectivity index (χ1n) is 10.3. The van der Waals surface area contributed by atoms with Crippen molar-refractivity contribution in [2.75, 3.05) is 11.5 Å². The molecule has 172 valence electrons. The quantitative estimate of drug-likeness (QED) is 0.430. The smallest absolute Gasteiger partial charge is 0.422 e. The molecular formula is C23H17F3N6O2. The number of rotatable bonds is 6. The maximum atomic E-state index is 12.7. The van der Waals surface area contributed by atoms with Crippen molar-refractivity contribution in [3.05, 3.63) is 78.4 Å². The highest BCUT2D eigenvalue weighted by Crippen LogP contribution is 2.33. The Bertz CT molecular complexity index is 1320. The summed E-state index contributed by atoms with van der Waals surface area (Å²) in [5.74, 6) is 0.164. The maximum Gasteiger partial charge on any atom is 0.422 e. The Balaban J connectivity index is 1.41. The molecule has 0 bridgehead atoms. The van der Waals surface area contributed by atoms with E-state index in [9.17, 15) is 18.0 Å². The fourth-order valence-electron chi connectivity index (χ4n) is 3.61. The van der Waals surface area contributed by atoms with E-state index in [-0.39, 0.29) is 36.1 Å². The van der Waals surface area contributed by atoms with E-state index < -0.39 is 12.8 Å². The highest BCUT2D eigenvalue weighted by atomic mass is 19.4. The third kappa shape index (κ3) is 4.45. The summed E-state index contributed by atoms with van der Waals surface area (Å²) in [6.07, 6.45) is 1.99. The van der Waals surface area contributed by atoms with Crippen LogP contribution in [0.2, 0.25) is 0 Å². The van der Waals surface area contributed by atoms with Crippen LogP contribution in [0.25, 0.3) is 17.1 Å². The molecule has 1 aromatic carbocycles. The van der Waals surface area contributed by atoms with E-state index in [0.717, 1.165) is 11.3 Å². The van der Waals surface area contributed by atoms with Crippen LogP contribution in [0.4, 0.5) is 19.0 Å². The molecule has 0 radical (unpaired) electrons. The minimum atomic E-state index is -4.51. The standard InChI is InChI=1S/C23H17F3N6O2/c24-23(25,26)14-34-22-18(3-1-8-27-22)20-28-12-16-11-19(33)31(21(16)30-20)13-15-4-6-17(7-5-15)32-10-2-9-29-32/h1-10,12H,11,13-14H2. The molecule has 0 N–H and O–H groups in total. The van der Waals surface area contributed by atoms with Gasteiger partial charge in [-0.15, -0.1) is 0 Å². The highest BCUT2D eigenvalue weighted by molar-refractivity contribution is 6.00. The van der Waals surface area contributed by atoms with Gasteiger partial charge in [0, 0.05) is 30.4 Å². The fraction of sp³-hybridized carbons (Fsp3) is 0.174. The third-order valence-electron chi connectivity index (χ3n) is 5.17. The van der Waals surface area contributed by atoms with Gasteiger partial charge in [0.05, 0.1) is 24.2 Å². The molecule has 0 unspecified atom stereocenters. The number of alkyl halides is 3. The van der Waals surface area contributed by atoms with Gasteiger partial charge in [0.2, 0.25) is 11.8 Å². The molecule has 1 aliphatic heterocycles. The fourth-order valence-corrected chi connectivity index (χ4v) is 3.61. The van der Waals surface area contributed by atoms with Crippen LogP contribution in [0.3, 0.4) is 0 Å². The van der Waals surface area contributed by atoms with Crippen molar-refractivity contribution in [3.63, 3.8) is 0 Å². The second-order valence-electron chi connectivity index (χ2n) is 7.58. The summed E-state index contributed by atoms with van der Waals surface area (Å²) in [5.41, 5.74) is 2.61. The van der Waals surface area contributed by atoms with Crippen LogP contribution in [0.1, 0.15) is 11.1 Å². The van der Waals surface area contributed by atoms with Gasteiger partial charge in [-0.2, -0.15) is 18.3 Å². The number of anilines is 1. The lowest BCUT2D eigenvalue weighted by Gasteiger charge is -2.17. The lowest BCUT2D eigenvalue weighted by atomic mass is 10.2. The molecule has 11 heteroatoms. The number of amides is 1. The first-order valence-corrected chi connectivity index (χ1v) is 10.3. The Labute approximate surface area is 191 Å². The molecule has 4 heterocycles. The van der Waals surface area contributed by atoms with Gasteiger partial charge in [-0.1, -0.05) is 12.1 Å². The monoisotopic (exact) mass is 466 g/mol. The van der Waals surface area contributed by atoms with Crippen molar-refractivity contribution in [3.8, 4) is 23.0 Å². The van der Waals surface area contributed by atoms with Gasteiger partial charge in [0.25, 0.3) is 0 Å². The van der Waals surface area contributed by atoms with Crippen LogP contribution in [0, 0.1) is 0 Å². The third-order valence-corrected chi connectivity index (χ3v) is 5.17. The first kappa shape index (κ1) is 21.6. The van der Waals surface area contributed by atoms with Gasteiger partial charge >= 0.3 is 6.18 Å². The van der Waals surface area contributed by atoms with Crippen LogP contribution in [-0.4, -0.2) is 43.4 Å². The number of halogens is 3. The van der Waals surface area contributed by atoms with Crippen LogP contribution in [0.5, 0.6) is 5.88 Å². The average molecular weight is 466 g/mol. The zero-order valence-corrected chi connectivity index (χ0v) is 17.6. The summed E-state index contributed by atoms with van der Waals surface area (Å²) >= 11 is 0. The van der Waals surface area contributed by atoms with Gasteiger partial charge in [-0.25, -0.2) is 19.6 Å². The lowest BCUT2D eigenvalue weighted by Crippen LogP contribution is -2.26. The second-order valence-corrected chi connectivity index (χ2v) is 7.58. The van der Waals surface area contributed by atoms with Crippen molar-refractivity contribution >= 4 is 11.7 Å². The van der Waals surface area contributed by atoms with Gasteiger partial charge < -0.3 is 4.74 Å². The van der Waals surface area contributed by atoms with E-state index in [0.29, 0.717) is 11.4 Å². The lowest BCUT2D eigenvalue weighted by molar-refractivity contribution is -0.154. The van der Waals surface area contributed by atoms with Gasteiger partial charge in [0.15, 0.2) is 12.4 Å². The number of benzene rings is 1. The van der Waals surface area contributed by atoms with Crippen molar-refractivity contribution < 1.29 is 22.7 Å². The first-order chi connectivity index (χ1) is 16.4. The van der Waals surface area contributed by atoms with Crippen molar-refractivity contribution in [2.24, 2.45) is 0 Å². The Morgan fingerprint density at radius 1 is 1.03 bits per heavy atom. The number of hydrogen-bond acceptors (Lipinski definition) is 6. The van der Waals surface area contributed by atoms with E-state index in [2.05, 4.69) is 20.1 Å². The number of ether oxygens (including phenoxy) is 1. The average Bonchev–Trinajstić information content (AvgIpc) is 3.46. The molecule has 4 aromatic rings. The van der Waals surface area contributed by atoms with Gasteiger partial charge in [-0.3, -0.25) is 9.69 Å². The molecular weight excluding hydrogens is 449 g/mol. The number of fused-ring (bicyclic) bond motifs is 1. The molecule has 0 saturated carbocycles.